The van der Waals surface area contributed by atoms with E-state index in [0.717, 1.165) is 19.5 Å². The minimum absolute atomic E-state index is 0.242. The number of nitrogens with one attached hydrogen (secondary N) is 1. The van der Waals surface area contributed by atoms with Crippen LogP contribution in [-0.4, -0.2) is 54.6 Å². The van der Waals surface area contributed by atoms with Gasteiger partial charge in [0.1, 0.15) is 6.10 Å². The number of hydrogen-bond acceptors (Lipinski definition) is 4. The number of piperidine rings is 1. The number of cyclic esters (lactones) is 1. The van der Waals surface area contributed by atoms with Crippen LogP contribution in [0.5, 0.6) is 0 Å². The quantitative estimate of drug-likeness (QED) is 0.784. The topological polar surface area (TPSA) is 41.6 Å². The Kier molecular flexibility index (Phi) is 4.96. The van der Waals surface area contributed by atoms with E-state index in [-0.39, 0.29) is 6.04 Å². The first-order chi connectivity index (χ1) is 9.38. The minimum Gasteiger partial charge on any atom is -0.456 e. The number of halogens is 2. The average molecular weight is 290 g/mol. The van der Waals surface area contributed by atoms with Gasteiger partial charge in [-0.3, -0.25) is 4.90 Å². The highest BCUT2D eigenvalue weighted by atomic mass is 19.3. The molecular formula is C14H24F2N2O2. The smallest absolute Gasteiger partial charge is 0.377 e. The van der Waals surface area contributed by atoms with Gasteiger partial charge in [0.2, 0.25) is 0 Å². The molecule has 2 unspecified atom stereocenters. The van der Waals surface area contributed by atoms with Crippen molar-refractivity contribution < 1.29 is 18.3 Å². The third-order valence-corrected chi connectivity index (χ3v) is 4.09. The Morgan fingerprint density at radius 3 is 2.65 bits per heavy atom. The monoisotopic (exact) mass is 290 g/mol. The molecule has 0 bridgehead atoms. The zero-order chi connectivity index (χ0) is 14.8. The largest absolute Gasteiger partial charge is 0.456 e. The summed E-state index contributed by atoms with van der Waals surface area (Å²) in [7, 11) is 0. The van der Waals surface area contributed by atoms with Crippen LogP contribution in [0.25, 0.3) is 0 Å². The molecule has 2 aliphatic heterocycles. The van der Waals surface area contributed by atoms with Gasteiger partial charge in [0, 0.05) is 25.2 Å². The molecule has 20 heavy (non-hydrogen) atoms. The molecule has 4 nitrogen and oxygen atoms in total. The van der Waals surface area contributed by atoms with E-state index in [1.807, 2.05) is 13.8 Å². The van der Waals surface area contributed by atoms with Crippen LogP contribution >= 0.6 is 0 Å². The van der Waals surface area contributed by atoms with Gasteiger partial charge >= 0.3 is 11.9 Å². The molecule has 2 heterocycles. The van der Waals surface area contributed by atoms with Crippen molar-refractivity contribution in [1.82, 2.24) is 10.2 Å². The number of rotatable bonds is 5. The zero-order valence-corrected chi connectivity index (χ0v) is 12.2. The second-order valence-electron chi connectivity index (χ2n) is 6.13. The fraction of sp³-hybridized carbons (Fsp3) is 0.929. The van der Waals surface area contributed by atoms with Crippen molar-refractivity contribution >= 4 is 5.97 Å². The summed E-state index contributed by atoms with van der Waals surface area (Å²) in [4.78, 5) is 13.2. The van der Waals surface area contributed by atoms with Gasteiger partial charge in [-0.05, 0) is 33.2 Å². The van der Waals surface area contributed by atoms with Crippen LogP contribution in [0, 0.1) is 0 Å². The molecule has 0 amide bonds. The zero-order valence-electron chi connectivity index (χ0n) is 12.2. The van der Waals surface area contributed by atoms with Gasteiger partial charge in [-0.15, -0.1) is 0 Å². The van der Waals surface area contributed by atoms with Crippen LogP contribution in [-0.2, 0) is 9.53 Å². The van der Waals surface area contributed by atoms with Crippen molar-refractivity contribution in [3.05, 3.63) is 0 Å². The molecule has 0 aromatic rings. The van der Waals surface area contributed by atoms with Crippen LogP contribution in [0.1, 0.15) is 39.5 Å². The number of alkyl halides is 2. The van der Waals surface area contributed by atoms with E-state index in [1.54, 1.807) is 0 Å². The molecule has 0 saturated carbocycles. The van der Waals surface area contributed by atoms with Crippen LogP contribution in [0.4, 0.5) is 8.78 Å². The summed E-state index contributed by atoms with van der Waals surface area (Å²) < 4.78 is 31.2. The van der Waals surface area contributed by atoms with Gasteiger partial charge < -0.3 is 10.1 Å². The number of ether oxygens (including phenoxy) is 1. The van der Waals surface area contributed by atoms with Crippen LogP contribution in [0.15, 0.2) is 0 Å². The molecule has 2 saturated heterocycles. The van der Waals surface area contributed by atoms with Crippen LogP contribution in [0.3, 0.4) is 0 Å². The first kappa shape index (κ1) is 15.6. The molecule has 0 aromatic heterocycles. The van der Waals surface area contributed by atoms with Crippen LogP contribution < -0.4 is 5.32 Å². The predicted molar refractivity (Wildman–Crippen MR) is 71.8 cm³/mol. The van der Waals surface area contributed by atoms with Gasteiger partial charge in [0.25, 0.3) is 0 Å². The van der Waals surface area contributed by atoms with Gasteiger partial charge in [-0.1, -0.05) is 6.42 Å². The standard InChI is InChI=1S/C14H24F2N2O2/c1-10(2)18(8-11-5-3-4-6-17-11)9-12-7-14(15,16)13(19)20-12/h10-12,17H,3-9H2,1-2H3. The van der Waals surface area contributed by atoms with Crippen molar-refractivity contribution in [2.45, 2.75) is 63.6 Å². The summed E-state index contributed by atoms with van der Waals surface area (Å²) in [6.45, 7) is 6.30. The SMILES string of the molecule is CC(C)N(CC1CCCCN1)CC1CC(F)(F)C(=O)O1. The minimum atomic E-state index is -3.31. The van der Waals surface area contributed by atoms with E-state index in [0.29, 0.717) is 12.6 Å². The van der Waals surface area contributed by atoms with Gasteiger partial charge in [-0.25, -0.2) is 4.79 Å². The maximum Gasteiger partial charge on any atom is 0.377 e. The maximum atomic E-state index is 13.2. The summed E-state index contributed by atoms with van der Waals surface area (Å²) in [5.74, 6) is -4.68. The highest BCUT2D eigenvalue weighted by molar-refractivity contribution is 5.79. The molecule has 0 radical (unpaired) electrons. The number of nitrogens with zero attached hydrogens (tertiary/aromatic N) is 1. The molecule has 1 N–H and O–H groups in total. The molecule has 2 fully saturated rings. The van der Waals surface area contributed by atoms with E-state index >= 15 is 0 Å². The van der Waals surface area contributed by atoms with E-state index in [1.165, 1.54) is 12.8 Å². The van der Waals surface area contributed by atoms with E-state index in [2.05, 4.69) is 10.2 Å². The molecule has 6 heteroatoms. The van der Waals surface area contributed by atoms with Crippen molar-refractivity contribution in [2.24, 2.45) is 0 Å². The third kappa shape index (κ3) is 3.88. The van der Waals surface area contributed by atoms with Crippen molar-refractivity contribution in [3.8, 4) is 0 Å². The number of hydrogen-bond donors (Lipinski definition) is 1. The second-order valence-corrected chi connectivity index (χ2v) is 6.13. The van der Waals surface area contributed by atoms with E-state index in [4.69, 9.17) is 4.74 Å². The van der Waals surface area contributed by atoms with Crippen molar-refractivity contribution in [2.75, 3.05) is 19.6 Å². The molecule has 0 aliphatic carbocycles. The molecule has 2 atom stereocenters. The fourth-order valence-corrected chi connectivity index (χ4v) is 2.87. The second kappa shape index (κ2) is 6.35. The first-order valence-corrected chi connectivity index (χ1v) is 7.45. The normalized spacial score (nSPS) is 30.0. The number of carbonyl (C=O) groups excluding carboxylic acids is 1. The van der Waals surface area contributed by atoms with Crippen molar-refractivity contribution in [1.29, 1.82) is 0 Å². The lowest BCUT2D eigenvalue weighted by molar-refractivity contribution is -0.159. The third-order valence-electron chi connectivity index (χ3n) is 4.09. The average Bonchev–Trinajstić information content (AvgIpc) is 2.63. The Hall–Kier alpha value is -0.750. The summed E-state index contributed by atoms with van der Waals surface area (Å²) in [6, 6.07) is 0.649. The fourth-order valence-electron chi connectivity index (χ4n) is 2.87. The molecular weight excluding hydrogens is 266 g/mol. The maximum absolute atomic E-state index is 13.2. The molecule has 2 aliphatic rings. The summed E-state index contributed by atoms with van der Waals surface area (Å²) in [5.41, 5.74) is 0. The lowest BCUT2D eigenvalue weighted by atomic mass is 10.0. The highest BCUT2D eigenvalue weighted by Crippen LogP contribution is 2.31. The van der Waals surface area contributed by atoms with Gasteiger partial charge in [0.15, 0.2) is 0 Å². The lowest BCUT2D eigenvalue weighted by Crippen LogP contribution is -2.48. The number of esters is 1. The Morgan fingerprint density at radius 1 is 1.40 bits per heavy atom. The van der Waals surface area contributed by atoms with E-state index in [9.17, 15) is 13.6 Å². The molecule has 0 spiro atoms. The summed E-state index contributed by atoms with van der Waals surface area (Å²) >= 11 is 0. The number of carbonyl (C=O) groups is 1. The Labute approximate surface area is 118 Å². The summed E-state index contributed by atoms with van der Waals surface area (Å²) in [6.07, 6.45) is 2.34. The highest BCUT2D eigenvalue weighted by Gasteiger charge is 2.51. The van der Waals surface area contributed by atoms with Gasteiger partial charge in [0.05, 0.1) is 6.42 Å². The predicted octanol–water partition coefficient (Wildman–Crippen LogP) is 1.79. The molecule has 2 rings (SSSR count). The first-order valence-electron chi connectivity index (χ1n) is 7.45. The Morgan fingerprint density at radius 2 is 2.15 bits per heavy atom. The molecule has 116 valence electrons. The lowest BCUT2D eigenvalue weighted by Gasteiger charge is -2.34. The summed E-state index contributed by atoms with van der Waals surface area (Å²) in [5, 5.41) is 3.46. The Bertz CT molecular complexity index is 344. The molecule has 0 aromatic carbocycles. The van der Waals surface area contributed by atoms with Crippen LogP contribution in [0.2, 0.25) is 0 Å². The Balaban J connectivity index is 1.88. The van der Waals surface area contributed by atoms with Crippen molar-refractivity contribution in [3.63, 3.8) is 0 Å². The van der Waals surface area contributed by atoms with E-state index < -0.39 is 24.4 Å². The van der Waals surface area contributed by atoms with Gasteiger partial charge in [-0.2, -0.15) is 8.78 Å².